The summed E-state index contributed by atoms with van der Waals surface area (Å²) < 4.78 is 53.3. The van der Waals surface area contributed by atoms with Crippen LogP contribution in [0.3, 0.4) is 0 Å². The Kier molecular flexibility index (Phi) is 5.07. The van der Waals surface area contributed by atoms with E-state index in [4.69, 9.17) is 0 Å². The van der Waals surface area contributed by atoms with Gasteiger partial charge < -0.3 is 0 Å². The van der Waals surface area contributed by atoms with Gasteiger partial charge in [-0.3, -0.25) is 0 Å². The summed E-state index contributed by atoms with van der Waals surface area (Å²) in [6, 6.07) is 9.56. The van der Waals surface area contributed by atoms with Gasteiger partial charge >= 0.3 is 0 Å². The van der Waals surface area contributed by atoms with Crippen molar-refractivity contribution in [3.05, 3.63) is 47.3 Å². The number of sulfonamides is 2. The first-order chi connectivity index (χ1) is 11.4. The molecule has 130 valence electrons. The minimum Gasteiger partial charge on any atom is -0.207 e. The van der Waals surface area contributed by atoms with Crippen molar-refractivity contribution in [1.82, 2.24) is 9.03 Å². The van der Waals surface area contributed by atoms with Crippen molar-refractivity contribution in [2.24, 2.45) is 0 Å². The zero-order valence-corrected chi connectivity index (χ0v) is 15.3. The van der Waals surface area contributed by atoms with Gasteiger partial charge in [0, 0.05) is 19.6 Å². The molecule has 1 fully saturated rings. The van der Waals surface area contributed by atoms with Crippen LogP contribution in [0.5, 0.6) is 0 Å². The molecule has 0 amide bonds. The number of nitrogens with zero attached hydrogens (tertiary/aromatic N) is 1. The maximum atomic E-state index is 12.4. The molecule has 1 aliphatic rings. The van der Waals surface area contributed by atoms with Crippen molar-refractivity contribution in [1.29, 1.82) is 0 Å². The second kappa shape index (κ2) is 6.93. The van der Waals surface area contributed by atoms with E-state index >= 15 is 0 Å². The van der Waals surface area contributed by atoms with E-state index in [0.717, 1.165) is 24.2 Å². The van der Waals surface area contributed by atoms with E-state index in [1.807, 2.05) is 0 Å². The molecule has 0 saturated carbocycles. The average Bonchev–Trinajstić information content (AvgIpc) is 3.26. The molecule has 0 atom stereocenters. The number of thiophene rings is 1. The molecule has 1 aromatic carbocycles. The van der Waals surface area contributed by atoms with E-state index in [1.165, 1.54) is 16.4 Å². The van der Waals surface area contributed by atoms with Gasteiger partial charge in [-0.15, -0.1) is 11.3 Å². The van der Waals surface area contributed by atoms with Crippen LogP contribution in [-0.2, 0) is 26.6 Å². The van der Waals surface area contributed by atoms with Crippen LogP contribution >= 0.6 is 11.3 Å². The fourth-order valence-electron chi connectivity index (χ4n) is 2.52. The summed E-state index contributed by atoms with van der Waals surface area (Å²) in [5.74, 6) is 0. The number of rotatable bonds is 6. The number of benzene rings is 1. The van der Waals surface area contributed by atoms with Gasteiger partial charge in [-0.25, -0.2) is 21.6 Å². The molecule has 24 heavy (non-hydrogen) atoms. The van der Waals surface area contributed by atoms with Gasteiger partial charge in [0.25, 0.3) is 0 Å². The third-order valence-electron chi connectivity index (χ3n) is 3.85. The van der Waals surface area contributed by atoms with Crippen molar-refractivity contribution in [3.63, 3.8) is 0 Å². The first-order valence-electron chi connectivity index (χ1n) is 7.52. The first kappa shape index (κ1) is 17.6. The molecular weight excluding hydrogens is 368 g/mol. The molecule has 0 aliphatic carbocycles. The third-order valence-corrected chi connectivity index (χ3v) is 8.56. The molecule has 0 bridgehead atoms. The van der Waals surface area contributed by atoms with Gasteiger partial charge in [0.15, 0.2) is 0 Å². The number of hydrogen-bond donors (Lipinski definition) is 1. The Hall–Kier alpha value is -1.26. The molecular formula is C15H18N2O4S3. The molecule has 3 rings (SSSR count). The summed E-state index contributed by atoms with van der Waals surface area (Å²) in [7, 11) is -6.96. The van der Waals surface area contributed by atoms with E-state index in [2.05, 4.69) is 4.72 Å². The third kappa shape index (κ3) is 3.70. The molecule has 1 aromatic heterocycles. The summed E-state index contributed by atoms with van der Waals surface area (Å²) in [5.41, 5.74) is 0.704. The minimum absolute atomic E-state index is 0.115. The summed E-state index contributed by atoms with van der Waals surface area (Å²) in [6.45, 7) is 1.24. The largest absolute Gasteiger partial charge is 0.250 e. The zero-order chi connectivity index (χ0) is 17.2. The van der Waals surface area contributed by atoms with Crippen LogP contribution in [0.25, 0.3) is 0 Å². The molecule has 1 saturated heterocycles. The smallest absolute Gasteiger partial charge is 0.207 e. The van der Waals surface area contributed by atoms with Gasteiger partial charge in [0.05, 0.1) is 4.90 Å². The van der Waals surface area contributed by atoms with E-state index in [0.29, 0.717) is 18.7 Å². The summed E-state index contributed by atoms with van der Waals surface area (Å²) >= 11 is 1.15. The highest BCUT2D eigenvalue weighted by molar-refractivity contribution is 7.91. The van der Waals surface area contributed by atoms with Crippen molar-refractivity contribution in [3.8, 4) is 0 Å². The first-order valence-corrected chi connectivity index (χ1v) is 11.3. The molecule has 6 nitrogen and oxygen atoms in total. The SMILES string of the molecule is O=S(=O)(NCc1ccc(S(=O)(=O)N2CCCC2)cc1)c1cccs1. The standard InChI is InChI=1S/C15H18N2O4S3/c18-23(19,15-4-3-11-22-15)16-12-13-5-7-14(8-6-13)24(20,21)17-9-1-2-10-17/h3-8,11,16H,1-2,9-10,12H2. The zero-order valence-electron chi connectivity index (χ0n) is 12.9. The van der Waals surface area contributed by atoms with E-state index in [9.17, 15) is 16.8 Å². The molecule has 9 heteroatoms. The molecule has 0 unspecified atom stereocenters. The Morgan fingerprint density at radius 1 is 1.00 bits per heavy atom. The molecule has 1 N–H and O–H groups in total. The van der Waals surface area contributed by atoms with Gasteiger partial charge in [-0.05, 0) is 42.0 Å². The summed E-state index contributed by atoms with van der Waals surface area (Å²) in [6.07, 6.45) is 1.78. The van der Waals surface area contributed by atoms with Crippen molar-refractivity contribution >= 4 is 31.4 Å². The Labute approximate surface area is 146 Å². The maximum absolute atomic E-state index is 12.4. The van der Waals surface area contributed by atoms with Crippen molar-refractivity contribution < 1.29 is 16.8 Å². The predicted molar refractivity (Wildman–Crippen MR) is 92.8 cm³/mol. The maximum Gasteiger partial charge on any atom is 0.250 e. The van der Waals surface area contributed by atoms with Crippen LogP contribution in [0.15, 0.2) is 50.9 Å². The van der Waals surface area contributed by atoms with Gasteiger partial charge in [-0.2, -0.15) is 4.31 Å². The lowest BCUT2D eigenvalue weighted by Crippen LogP contribution is -2.27. The van der Waals surface area contributed by atoms with Gasteiger partial charge in [0.2, 0.25) is 20.0 Å². The fraction of sp³-hybridized carbons (Fsp3) is 0.333. The van der Waals surface area contributed by atoms with E-state index < -0.39 is 20.0 Å². The molecule has 2 aromatic rings. The van der Waals surface area contributed by atoms with E-state index in [1.54, 1.807) is 29.6 Å². The topological polar surface area (TPSA) is 83.5 Å². The lowest BCUT2D eigenvalue weighted by molar-refractivity contribution is 0.477. The van der Waals surface area contributed by atoms with Gasteiger partial charge in [0.1, 0.15) is 4.21 Å². The molecule has 2 heterocycles. The van der Waals surface area contributed by atoms with Crippen molar-refractivity contribution in [2.45, 2.75) is 28.5 Å². The summed E-state index contributed by atoms with van der Waals surface area (Å²) in [4.78, 5) is 0.245. The van der Waals surface area contributed by atoms with Crippen LogP contribution in [0.4, 0.5) is 0 Å². The monoisotopic (exact) mass is 386 g/mol. The molecule has 0 spiro atoms. The van der Waals surface area contributed by atoms with Crippen LogP contribution in [0.2, 0.25) is 0 Å². The highest BCUT2D eigenvalue weighted by atomic mass is 32.2. The Bertz CT molecular complexity index is 883. The highest BCUT2D eigenvalue weighted by Gasteiger charge is 2.26. The van der Waals surface area contributed by atoms with Crippen LogP contribution in [0, 0.1) is 0 Å². The summed E-state index contributed by atoms with van der Waals surface area (Å²) in [5, 5.41) is 1.70. The van der Waals surface area contributed by atoms with Crippen LogP contribution in [-0.4, -0.2) is 34.2 Å². The highest BCUT2D eigenvalue weighted by Crippen LogP contribution is 2.21. The number of nitrogens with one attached hydrogen (secondary N) is 1. The number of hydrogen-bond acceptors (Lipinski definition) is 5. The van der Waals surface area contributed by atoms with Crippen LogP contribution < -0.4 is 4.72 Å². The van der Waals surface area contributed by atoms with E-state index in [-0.39, 0.29) is 15.6 Å². The minimum atomic E-state index is -3.52. The Morgan fingerprint density at radius 2 is 1.67 bits per heavy atom. The lowest BCUT2D eigenvalue weighted by Gasteiger charge is -2.15. The molecule has 1 aliphatic heterocycles. The quantitative estimate of drug-likeness (QED) is 0.823. The van der Waals surface area contributed by atoms with Gasteiger partial charge in [-0.1, -0.05) is 18.2 Å². The Balaban J connectivity index is 1.69. The van der Waals surface area contributed by atoms with Crippen LogP contribution in [0.1, 0.15) is 18.4 Å². The predicted octanol–water partition coefficient (Wildman–Crippen LogP) is 2.01. The normalized spacial score (nSPS) is 16.5. The fourth-order valence-corrected chi connectivity index (χ4v) is 6.09. The second-order valence-corrected chi connectivity index (χ2v) is 10.4. The lowest BCUT2D eigenvalue weighted by atomic mass is 10.2. The second-order valence-electron chi connectivity index (χ2n) is 5.51. The van der Waals surface area contributed by atoms with Crippen molar-refractivity contribution in [2.75, 3.05) is 13.1 Å². The Morgan fingerprint density at radius 3 is 2.25 bits per heavy atom. The average molecular weight is 387 g/mol. The molecule has 0 radical (unpaired) electrons.